The Morgan fingerprint density at radius 2 is 1.69 bits per heavy atom. The molecular formula is C23H18NO3PbS. The first-order chi connectivity index (χ1) is 14.1. The van der Waals surface area contributed by atoms with Crippen molar-refractivity contribution in [3.63, 3.8) is 0 Å². The zero-order chi connectivity index (χ0) is 20.4. The van der Waals surface area contributed by atoms with Gasteiger partial charge in [0.25, 0.3) is 0 Å². The molecule has 4 nitrogen and oxygen atoms in total. The molecule has 3 aromatic rings. The number of thiophene rings is 1. The van der Waals surface area contributed by atoms with Gasteiger partial charge in [-0.05, 0) is 0 Å². The molecule has 4 rings (SSSR count). The van der Waals surface area contributed by atoms with Gasteiger partial charge in [0.15, 0.2) is 0 Å². The summed E-state index contributed by atoms with van der Waals surface area (Å²) in [4.78, 5) is 27.7. The van der Waals surface area contributed by atoms with E-state index in [9.17, 15) is 14.7 Å². The van der Waals surface area contributed by atoms with Crippen LogP contribution in [0.3, 0.4) is 0 Å². The van der Waals surface area contributed by atoms with Crippen molar-refractivity contribution in [2.75, 3.05) is 6.54 Å². The molecule has 0 aliphatic carbocycles. The van der Waals surface area contributed by atoms with E-state index in [2.05, 4.69) is 6.07 Å². The predicted molar refractivity (Wildman–Crippen MR) is 116 cm³/mol. The molecule has 3 radical (unpaired) electrons. The Balaban J connectivity index is 1.64. The van der Waals surface area contributed by atoms with Gasteiger partial charge in [-0.1, -0.05) is 0 Å². The van der Waals surface area contributed by atoms with Crippen LogP contribution in [-0.4, -0.2) is 60.2 Å². The fourth-order valence-corrected chi connectivity index (χ4v) is 5.87. The summed E-state index contributed by atoms with van der Waals surface area (Å²) in [7, 11) is 0. The summed E-state index contributed by atoms with van der Waals surface area (Å²) >= 11 is 2.21. The third-order valence-electron chi connectivity index (χ3n) is 4.99. The van der Waals surface area contributed by atoms with Crippen LogP contribution in [-0.2, 0) is 9.59 Å². The van der Waals surface area contributed by atoms with Crippen molar-refractivity contribution in [3.05, 3.63) is 88.6 Å². The number of rotatable bonds is 5. The molecule has 2 aromatic carbocycles. The standard InChI is InChI=1S/C23H18NO3S.Pb/c25-21(13-16-7-3-1-4-8-16)24-15-18(14-20(24)23(26)27)22-19(11-12-28-22)17-9-5-2-6-10-17;/h1-14,20H,15H2,(H,26,27);. The third kappa shape index (κ3) is 4.07. The molecule has 6 heteroatoms. The molecule has 1 N–H and O–H groups in total. The Bertz CT molecular complexity index is 1060. The topological polar surface area (TPSA) is 57.6 Å². The number of aliphatic carboxylic acids is 1. The van der Waals surface area contributed by atoms with E-state index < -0.39 is 12.0 Å². The average molecular weight is 596 g/mol. The van der Waals surface area contributed by atoms with Crippen LogP contribution >= 0.6 is 11.3 Å². The van der Waals surface area contributed by atoms with Gasteiger partial charge in [-0.15, -0.1) is 0 Å². The predicted octanol–water partition coefficient (Wildman–Crippen LogP) is 4.00. The molecule has 143 valence electrons. The quantitative estimate of drug-likeness (QED) is 0.454. The van der Waals surface area contributed by atoms with Gasteiger partial charge in [0.1, 0.15) is 0 Å². The Morgan fingerprint density at radius 1 is 1.03 bits per heavy atom. The van der Waals surface area contributed by atoms with Gasteiger partial charge in [-0.25, -0.2) is 0 Å². The molecule has 0 bridgehead atoms. The van der Waals surface area contributed by atoms with E-state index in [0.29, 0.717) is 32.3 Å². The van der Waals surface area contributed by atoms with E-state index in [1.807, 2.05) is 66.0 Å². The van der Waals surface area contributed by atoms with Gasteiger partial charge in [-0.2, -0.15) is 0 Å². The summed E-state index contributed by atoms with van der Waals surface area (Å²) in [6, 6.07) is 20.8. The van der Waals surface area contributed by atoms with Gasteiger partial charge in [0.2, 0.25) is 0 Å². The normalized spacial score (nSPS) is 17.1. The van der Waals surface area contributed by atoms with Crippen LogP contribution in [0.4, 0.5) is 0 Å². The minimum absolute atomic E-state index is 0.112. The van der Waals surface area contributed by atoms with Crippen LogP contribution in [0, 0.1) is 0 Å². The number of carboxylic acid groups (broad SMARTS) is 1. The van der Waals surface area contributed by atoms with Crippen LogP contribution in [0.25, 0.3) is 16.7 Å². The van der Waals surface area contributed by atoms with E-state index >= 15 is 0 Å². The Kier molecular flexibility index (Phi) is 5.96. The summed E-state index contributed by atoms with van der Waals surface area (Å²) in [5, 5.41) is 11.8. The van der Waals surface area contributed by atoms with Gasteiger partial charge < -0.3 is 0 Å². The van der Waals surface area contributed by atoms with Crippen LogP contribution in [0.2, 0.25) is 0 Å². The second kappa shape index (κ2) is 8.63. The number of hydrogen-bond acceptors (Lipinski definition) is 3. The van der Waals surface area contributed by atoms with Gasteiger partial charge in [0, 0.05) is 0 Å². The summed E-state index contributed by atoms with van der Waals surface area (Å²) < 4.78 is -0.261. The van der Waals surface area contributed by atoms with Gasteiger partial charge in [0.05, 0.1) is 0 Å². The van der Waals surface area contributed by atoms with Gasteiger partial charge in [-0.3, -0.25) is 0 Å². The average Bonchev–Trinajstić information content (AvgIpc) is 3.41. The molecule has 1 aromatic heterocycles. The first-order valence-corrected chi connectivity index (χ1v) is 12.3. The number of benzene rings is 2. The van der Waals surface area contributed by atoms with Crippen molar-refractivity contribution in [1.82, 2.24) is 4.90 Å². The van der Waals surface area contributed by atoms with E-state index in [1.54, 1.807) is 17.4 Å². The van der Waals surface area contributed by atoms with Crippen LogP contribution in [0.5, 0.6) is 0 Å². The third-order valence-corrected chi connectivity index (χ3v) is 8.24. The van der Waals surface area contributed by atoms with E-state index in [0.717, 1.165) is 27.1 Å². The number of carboxylic acids is 1. The van der Waals surface area contributed by atoms with Crippen molar-refractivity contribution < 1.29 is 14.7 Å². The summed E-state index contributed by atoms with van der Waals surface area (Å²) in [6.45, 7) is 0.321. The first-order valence-electron chi connectivity index (χ1n) is 9.19. The zero-order valence-corrected chi connectivity index (χ0v) is 20.2. The Morgan fingerprint density at radius 3 is 2.34 bits per heavy atom. The molecule has 0 saturated heterocycles. The number of carbonyl (C=O) groups excluding carboxylic acids is 1. The monoisotopic (exact) mass is 596 g/mol. The van der Waals surface area contributed by atoms with E-state index in [-0.39, 0.29) is 9.38 Å². The molecule has 2 unspecified atom stereocenters. The van der Waals surface area contributed by atoms with Crippen LogP contribution in [0.1, 0.15) is 13.9 Å². The van der Waals surface area contributed by atoms with Crippen molar-refractivity contribution in [2.45, 2.75) is 9.52 Å². The Hall–Kier alpha value is -2.26. The maximum absolute atomic E-state index is 13.2. The van der Waals surface area contributed by atoms with Crippen LogP contribution in [0.15, 0.2) is 78.2 Å². The second-order valence-corrected chi connectivity index (χ2v) is 9.97. The fraction of sp³-hybridized carbons (Fsp3) is 0.130. The molecule has 0 fully saturated rings. The number of hydrogen-bond donors (Lipinski definition) is 1. The summed E-state index contributed by atoms with van der Waals surface area (Å²) in [6.07, 6.45) is 1.73. The van der Waals surface area contributed by atoms with E-state index in [1.165, 1.54) is 4.90 Å². The molecule has 0 saturated carbocycles. The molecule has 29 heavy (non-hydrogen) atoms. The summed E-state index contributed by atoms with van der Waals surface area (Å²) in [5.74, 6) is -1.10. The van der Waals surface area contributed by atoms with Crippen molar-refractivity contribution in [1.29, 1.82) is 0 Å². The Labute approximate surface area is 189 Å². The number of nitrogens with zero attached hydrogens (tertiary/aromatic N) is 1. The maximum atomic E-state index is 13.2. The number of carbonyl (C=O) groups is 2. The molecule has 1 aliphatic heterocycles. The van der Waals surface area contributed by atoms with Crippen molar-refractivity contribution >= 4 is 54.6 Å². The molecular weight excluding hydrogens is 578 g/mol. The molecule has 2 heterocycles. The van der Waals surface area contributed by atoms with E-state index in [4.69, 9.17) is 0 Å². The summed E-state index contributed by atoms with van der Waals surface area (Å²) in [5.41, 5.74) is 4.02. The molecule has 1 aliphatic rings. The minimum atomic E-state index is -0.993. The zero-order valence-electron chi connectivity index (χ0n) is 15.5. The molecule has 2 atom stereocenters. The molecule has 0 spiro atoms. The fourth-order valence-electron chi connectivity index (χ4n) is 3.54. The SMILES string of the molecule is O=C(O)C1C=C(c2sccc2-c2ccccc2)CN1C(=O)[CH]([Pb])c1ccccc1. The van der Waals surface area contributed by atoms with Crippen LogP contribution < -0.4 is 0 Å². The van der Waals surface area contributed by atoms with Crippen molar-refractivity contribution in [2.24, 2.45) is 0 Å². The molecule has 1 amide bonds. The first kappa shape index (κ1) is 20.0. The second-order valence-electron chi connectivity index (χ2n) is 6.81. The van der Waals surface area contributed by atoms with Gasteiger partial charge >= 0.3 is 190 Å². The number of amides is 1. The van der Waals surface area contributed by atoms with Crippen molar-refractivity contribution in [3.8, 4) is 11.1 Å².